The van der Waals surface area contributed by atoms with Gasteiger partial charge in [-0.1, -0.05) is 20.8 Å². The van der Waals surface area contributed by atoms with Crippen LogP contribution in [0.1, 0.15) is 46.5 Å². The molecule has 2 atom stereocenters. The summed E-state index contributed by atoms with van der Waals surface area (Å²) in [6.45, 7) is 7.19. The molecule has 0 aromatic carbocycles. The monoisotopic (exact) mass is 352 g/mol. The fraction of sp³-hybridized carbons (Fsp3) is 1.00. The van der Waals surface area contributed by atoms with Gasteiger partial charge in [0, 0.05) is 27.8 Å². The van der Waals surface area contributed by atoms with Crippen LogP contribution < -0.4 is 0 Å². The lowest BCUT2D eigenvalue weighted by atomic mass is 10.3. The van der Waals surface area contributed by atoms with E-state index in [0.717, 1.165) is 6.42 Å². The molecule has 1 heterocycles. The van der Waals surface area contributed by atoms with E-state index in [-0.39, 0.29) is 5.73 Å². The molecule has 0 aromatic rings. The molecule has 8 heteroatoms. The molecule has 0 N–H and O–H groups in total. The maximum Gasteiger partial charge on any atom is 0.530 e. The van der Waals surface area contributed by atoms with E-state index in [4.69, 9.17) is 32.2 Å². The highest BCUT2D eigenvalue weighted by molar-refractivity contribution is 6.62. The van der Waals surface area contributed by atoms with Crippen molar-refractivity contribution in [2.75, 3.05) is 34.5 Å². The van der Waals surface area contributed by atoms with Gasteiger partial charge >= 0.3 is 8.80 Å². The van der Waals surface area contributed by atoms with Crippen molar-refractivity contribution in [3.05, 3.63) is 0 Å². The van der Waals surface area contributed by atoms with Gasteiger partial charge < -0.3 is 27.5 Å². The molecule has 7 nitrogen and oxygen atoms in total. The normalized spacial score (nSPS) is 21.1. The van der Waals surface area contributed by atoms with Crippen molar-refractivity contribution in [3.63, 3.8) is 0 Å². The molecule has 1 aliphatic rings. The van der Waals surface area contributed by atoms with E-state index in [9.17, 15) is 0 Å². The van der Waals surface area contributed by atoms with Gasteiger partial charge in [0.25, 0.3) is 5.97 Å². The molecule has 0 radical (unpaired) electrons. The first-order valence-electron chi connectivity index (χ1n) is 8.31. The highest BCUT2D eigenvalue weighted by atomic mass is 28.4. The molecule has 1 fully saturated rings. The quantitative estimate of drug-likeness (QED) is 0.418. The van der Waals surface area contributed by atoms with Crippen molar-refractivity contribution in [1.82, 2.24) is 0 Å². The molecule has 23 heavy (non-hydrogen) atoms. The lowest BCUT2D eigenvalue weighted by Gasteiger charge is -2.40. The minimum Gasteiger partial charge on any atom is -0.375 e. The fourth-order valence-electron chi connectivity index (χ4n) is 2.58. The van der Waals surface area contributed by atoms with Gasteiger partial charge in [0.1, 0.15) is 5.73 Å². The van der Waals surface area contributed by atoms with Crippen molar-refractivity contribution < 1.29 is 32.2 Å². The van der Waals surface area contributed by atoms with E-state index < -0.39 is 21.1 Å². The molecule has 138 valence electrons. The summed E-state index contributed by atoms with van der Waals surface area (Å²) in [7, 11) is 1.82. The van der Waals surface area contributed by atoms with Crippen LogP contribution in [-0.4, -0.2) is 61.3 Å². The molecule has 1 rings (SSSR count). The molecule has 0 saturated carbocycles. The van der Waals surface area contributed by atoms with Crippen LogP contribution in [0, 0.1) is 0 Å². The third-order valence-electron chi connectivity index (χ3n) is 3.94. The van der Waals surface area contributed by atoms with Gasteiger partial charge in [-0.3, -0.25) is 4.74 Å². The Balaban J connectivity index is 2.79. The lowest BCUT2D eigenvalue weighted by Crippen LogP contribution is -2.57. The molecule has 0 amide bonds. The largest absolute Gasteiger partial charge is 0.530 e. The van der Waals surface area contributed by atoms with E-state index in [1.165, 1.54) is 0 Å². The smallest absolute Gasteiger partial charge is 0.375 e. The predicted octanol–water partition coefficient (Wildman–Crippen LogP) is 2.45. The Morgan fingerprint density at radius 1 is 0.957 bits per heavy atom. The van der Waals surface area contributed by atoms with Crippen LogP contribution >= 0.6 is 0 Å². The van der Waals surface area contributed by atoms with Crippen molar-refractivity contribution in [2.24, 2.45) is 0 Å². The first-order valence-corrected chi connectivity index (χ1v) is 10.1. The first kappa shape index (κ1) is 21.0. The van der Waals surface area contributed by atoms with Gasteiger partial charge in [0.2, 0.25) is 0 Å². The van der Waals surface area contributed by atoms with Crippen LogP contribution in [0.2, 0.25) is 0 Å². The third kappa shape index (κ3) is 5.20. The second-order valence-electron chi connectivity index (χ2n) is 5.29. The molecule has 0 bridgehead atoms. The van der Waals surface area contributed by atoms with Crippen LogP contribution in [0.15, 0.2) is 0 Å². The Bertz CT molecular complexity index is 311. The zero-order chi connectivity index (χ0) is 17.3. The van der Waals surface area contributed by atoms with Crippen LogP contribution in [0.4, 0.5) is 0 Å². The molecular weight excluding hydrogens is 320 g/mol. The average Bonchev–Trinajstić information content (AvgIpc) is 2.62. The molecule has 1 aliphatic heterocycles. The maximum absolute atomic E-state index is 6.12. The summed E-state index contributed by atoms with van der Waals surface area (Å²) >= 11 is 0. The lowest BCUT2D eigenvalue weighted by molar-refractivity contribution is -0.436. The summed E-state index contributed by atoms with van der Waals surface area (Å²) in [4.78, 5) is 0. The minimum absolute atomic E-state index is 0.329. The zero-order valence-corrected chi connectivity index (χ0v) is 16.3. The summed E-state index contributed by atoms with van der Waals surface area (Å²) < 4.78 is 40.2. The Labute approximate surface area is 140 Å². The van der Waals surface area contributed by atoms with E-state index in [1.807, 2.05) is 20.8 Å². The van der Waals surface area contributed by atoms with Crippen molar-refractivity contribution >= 4 is 8.80 Å². The molecule has 1 saturated heterocycles. The Morgan fingerprint density at radius 3 is 1.91 bits per heavy atom. The van der Waals surface area contributed by atoms with Crippen LogP contribution in [0.5, 0.6) is 0 Å². The van der Waals surface area contributed by atoms with E-state index in [2.05, 4.69) is 0 Å². The average molecular weight is 353 g/mol. The predicted molar refractivity (Wildman–Crippen MR) is 86.7 cm³/mol. The van der Waals surface area contributed by atoms with Crippen LogP contribution in [0.3, 0.4) is 0 Å². The number of rotatable bonds is 11. The Morgan fingerprint density at radius 2 is 1.52 bits per heavy atom. The van der Waals surface area contributed by atoms with E-state index in [0.29, 0.717) is 32.5 Å². The third-order valence-corrected chi connectivity index (χ3v) is 6.98. The topological polar surface area (TPSA) is 64.6 Å². The molecule has 2 unspecified atom stereocenters. The molecule has 0 spiro atoms. The highest BCUT2D eigenvalue weighted by Gasteiger charge is 2.49. The van der Waals surface area contributed by atoms with E-state index in [1.54, 1.807) is 21.3 Å². The summed E-state index contributed by atoms with van der Waals surface area (Å²) in [5.74, 6) is -1.03. The van der Waals surface area contributed by atoms with Crippen molar-refractivity contribution in [3.8, 4) is 0 Å². The second kappa shape index (κ2) is 10.0. The summed E-state index contributed by atoms with van der Waals surface area (Å²) in [5, 5.41) is 0. The Hall–Kier alpha value is -0.0631. The highest BCUT2D eigenvalue weighted by Crippen LogP contribution is 2.29. The van der Waals surface area contributed by atoms with Gasteiger partial charge in [-0.25, -0.2) is 0 Å². The number of hydrogen-bond donors (Lipinski definition) is 0. The number of hydrogen-bond acceptors (Lipinski definition) is 7. The zero-order valence-electron chi connectivity index (χ0n) is 15.3. The first-order chi connectivity index (χ1) is 11.0. The van der Waals surface area contributed by atoms with Gasteiger partial charge in [-0.15, -0.1) is 0 Å². The Kier molecular flexibility index (Phi) is 9.17. The molecule has 0 aliphatic carbocycles. The van der Waals surface area contributed by atoms with Gasteiger partial charge in [0.15, 0.2) is 6.29 Å². The van der Waals surface area contributed by atoms with Gasteiger partial charge in [-0.05, 0) is 19.3 Å². The van der Waals surface area contributed by atoms with Crippen molar-refractivity contribution in [1.29, 1.82) is 0 Å². The second-order valence-corrected chi connectivity index (χ2v) is 8.37. The minimum atomic E-state index is -2.91. The molecule has 0 aromatic heterocycles. The van der Waals surface area contributed by atoms with Gasteiger partial charge in [-0.2, -0.15) is 0 Å². The standard InChI is InChI=1S/C15H32O7Si/c1-7-13(22-15(9-3)19-11-10-12-20-15)21-14(8-2)23(16-4,17-5)18-6/h13-14H,7-12H2,1-6H3. The fourth-order valence-corrected chi connectivity index (χ4v) is 4.68. The van der Waals surface area contributed by atoms with Crippen LogP contribution in [-0.2, 0) is 32.2 Å². The van der Waals surface area contributed by atoms with Crippen LogP contribution in [0.25, 0.3) is 0 Å². The van der Waals surface area contributed by atoms with E-state index >= 15 is 0 Å². The summed E-state index contributed by atoms with van der Waals surface area (Å²) in [6.07, 6.45) is 2.29. The number of ether oxygens (including phenoxy) is 4. The SMILES string of the molecule is CCC(OC(CC)[Si](OC)(OC)OC)OC1(CC)OCCCO1. The summed E-state index contributed by atoms with van der Waals surface area (Å²) in [5.41, 5.74) is -0.329. The summed E-state index contributed by atoms with van der Waals surface area (Å²) in [6, 6.07) is 0. The van der Waals surface area contributed by atoms with Crippen molar-refractivity contribution in [2.45, 2.75) is 64.4 Å². The van der Waals surface area contributed by atoms with Gasteiger partial charge in [0.05, 0.1) is 13.2 Å². The maximum atomic E-state index is 6.12. The molecular formula is C15H32O7Si.